The first-order chi connectivity index (χ1) is 8.13. The summed E-state index contributed by atoms with van der Waals surface area (Å²) in [4.78, 5) is 22.9. The van der Waals surface area contributed by atoms with Crippen LogP contribution in [0.2, 0.25) is 0 Å². The highest BCUT2D eigenvalue weighted by molar-refractivity contribution is 5.85. The maximum atomic E-state index is 11.6. The summed E-state index contributed by atoms with van der Waals surface area (Å²) in [5.74, 6) is -0.592. The van der Waals surface area contributed by atoms with Crippen LogP contribution < -0.4 is 5.32 Å². The third-order valence-corrected chi connectivity index (χ3v) is 2.23. The fraction of sp³-hybridized carbons (Fsp3) is 0.385. The Morgan fingerprint density at radius 1 is 1.29 bits per heavy atom. The fourth-order valence-electron chi connectivity index (χ4n) is 1.40. The Hall–Kier alpha value is -1.84. The van der Waals surface area contributed by atoms with E-state index in [1.165, 1.54) is 0 Å². The quantitative estimate of drug-likeness (QED) is 0.782. The summed E-state index contributed by atoms with van der Waals surface area (Å²) >= 11 is 0. The molecule has 1 rings (SSSR count). The molecule has 1 aromatic carbocycles. The molecule has 0 bridgehead atoms. The largest absolute Gasteiger partial charge is 0.464 e. The number of amides is 1. The molecule has 0 saturated carbocycles. The number of ether oxygens (including phenoxy) is 1. The second-order valence-corrected chi connectivity index (χ2v) is 3.70. The van der Waals surface area contributed by atoms with Gasteiger partial charge in [-0.15, -0.1) is 0 Å². The van der Waals surface area contributed by atoms with E-state index < -0.39 is 12.0 Å². The summed E-state index contributed by atoms with van der Waals surface area (Å²) in [7, 11) is 0. The molecule has 0 aliphatic rings. The van der Waals surface area contributed by atoms with Gasteiger partial charge in [0.15, 0.2) is 0 Å². The van der Waals surface area contributed by atoms with E-state index in [0.717, 1.165) is 5.56 Å². The van der Waals surface area contributed by atoms with Crippen LogP contribution in [-0.2, 0) is 20.7 Å². The summed E-state index contributed by atoms with van der Waals surface area (Å²) in [6.07, 6.45) is 0.268. The number of esters is 1. The van der Waals surface area contributed by atoms with Gasteiger partial charge in [0.05, 0.1) is 13.0 Å². The van der Waals surface area contributed by atoms with Gasteiger partial charge in [0, 0.05) is 0 Å². The van der Waals surface area contributed by atoms with Crippen LogP contribution in [0.3, 0.4) is 0 Å². The first kappa shape index (κ1) is 13.2. The number of hydrogen-bond donors (Lipinski definition) is 1. The topological polar surface area (TPSA) is 55.4 Å². The lowest BCUT2D eigenvalue weighted by Crippen LogP contribution is -2.40. The van der Waals surface area contributed by atoms with Crippen LogP contribution in [0.5, 0.6) is 0 Å². The Kier molecular flexibility index (Phi) is 5.20. The molecule has 92 valence electrons. The molecule has 0 radical (unpaired) electrons. The van der Waals surface area contributed by atoms with Crippen LogP contribution in [0, 0.1) is 0 Å². The molecule has 1 amide bonds. The molecule has 1 atom stereocenters. The van der Waals surface area contributed by atoms with Crippen LogP contribution in [-0.4, -0.2) is 24.5 Å². The van der Waals surface area contributed by atoms with Gasteiger partial charge in [0.2, 0.25) is 5.91 Å². The van der Waals surface area contributed by atoms with Gasteiger partial charge >= 0.3 is 5.97 Å². The molecule has 0 aromatic heterocycles. The highest BCUT2D eigenvalue weighted by Crippen LogP contribution is 1.99. The Labute approximate surface area is 101 Å². The minimum atomic E-state index is -0.605. The van der Waals surface area contributed by atoms with Crippen LogP contribution in [0.4, 0.5) is 0 Å². The Balaban J connectivity index is 2.42. The van der Waals surface area contributed by atoms with Crippen molar-refractivity contribution in [3.8, 4) is 0 Å². The summed E-state index contributed by atoms with van der Waals surface area (Å²) in [5, 5.41) is 2.60. The van der Waals surface area contributed by atoms with Crippen molar-refractivity contribution in [3.05, 3.63) is 35.9 Å². The number of nitrogens with one attached hydrogen (secondary N) is 1. The van der Waals surface area contributed by atoms with Gasteiger partial charge in [0.1, 0.15) is 6.04 Å². The predicted octanol–water partition coefficient (Wildman–Crippen LogP) is 1.30. The van der Waals surface area contributed by atoms with Crippen LogP contribution in [0.15, 0.2) is 30.3 Å². The molecule has 1 N–H and O–H groups in total. The monoisotopic (exact) mass is 235 g/mol. The van der Waals surface area contributed by atoms with Gasteiger partial charge in [-0.05, 0) is 19.4 Å². The van der Waals surface area contributed by atoms with Gasteiger partial charge in [-0.1, -0.05) is 30.3 Å². The summed E-state index contributed by atoms with van der Waals surface area (Å²) < 4.78 is 4.80. The van der Waals surface area contributed by atoms with Crippen molar-refractivity contribution in [1.82, 2.24) is 5.32 Å². The van der Waals surface area contributed by atoms with Crippen LogP contribution in [0.25, 0.3) is 0 Å². The number of hydrogen-bond acceptors (Lipinski definition) is 3. The lowest BCUT2D eigenvalue weighted by atomic mass is 10.1. The van der Waals surface area contributed by atoms with Crippen molar-refractivity contribution in [3.63, 3.8) is 0 Å². The van der Waals surface area contributed by atoms with E-state index in [9.17, 15) is 9.59 Å². The molecule has 17 heavy (non-hydrogen) atoms. The smallest absolute Gasteiger partial charge is 0.328 e. The molecule has 0 aliphatic heterocycles. The average Bonchev–Trinajstić information content (AvgIpc) is 2.30. The SMILES string of the molecule is CCOC(=O)[C@H](C)NC(=O)Cc1ccccc1. The average molecular weight is 235 g/mol. The Bertz CT molecular complexity index is 376. The molecule has 0 heterocycles. The zero-order chi connectivity index (χ0) is 12.7. The Morgan fingerprint density at radius 2 is 1.94 bits per heavy atom. The first-order valence-electron chi connectivity index (χ1n) is 5.63. The first-order valence-corrected chi connectivity index (χ1v) is 5.63. The molecule has 0 saturated heterocycles. The van der Waals surface area contributed by atoms with Crippen molar-refractivity contribution >= 4 is 11.9 Å². The van der Waals surface area contributed by atoms with Gasteiger partial charge in [-0.3, -0.25) is 4.79 Å². The van der Waals surface area contributed by atoms with Gasteiger partial charge in [-0.25, -0.2) is 4.79 Å². The summed E-state index contributed by atoms with van der Waals surface area (Å²) in [5.41, 5.74) is 0.918. The second kappa shape index (κ2) is 6.68. The fourth-order valence-corrected chi connectivity index (χ4v) is 1.40. The number of carbonyl (C=O) groups excluding carboxylic acids is 2. The van der Waals surface area contributed by atoms with Gasteiger partial charge in [-0.2, -0.15) is 0 Å². The Morgan fingerprint density at radius 3 is 2.53 bits per heavy atom. The van der Waals surface area contributed by atoms with E-state index in [1.54, 1.807) is 13.8 Å². The van der Waals surface area contributed by atoms with Gasteiger partial charge in [0.25, 0.3) is 0 Å². The van der Waals surface area contributed by atoms with E-state index in [2.05, 4.69) is 5.32 Å². The maximum Gasteiger partial charge on any atom is 0.328 e. The molecule has 0 unspecified atom stereocenters. The van der Waals surface area contributed by atoms with E-state index in [1.807, 2.05) is 30.3 Å². The van der Waals surface area contributed by atoms with Crippen molar-refractivity contribution in [1.29, 1.82) is 0 Å². The zero-order valence-corrected chi connectivity index (χ0v) is 10.1. The zero-order valence-electron chi connectivity index (χ0n) is 10.1. The highest BCUT2D eigenvalue weighted by atomic mass is 16.5. The maximum absolute atomic E-state index is 11.6. The minimum Gasteiger partial charge on any atom is -0.464 e. The lowest BCUT2D eigenvalue weighted by Gasteiger charge is -2.12. The molecule has 4 heteroatoms. The highest BCUT2D eigenvalue weighted by Gasteiger charge is 2.16. The molecule has 0 fully saturated rings. The van der Waals surface area contributed by atoms with E-state index >= 15 is 0 Å². The standard InChI is InChI=1S/C13H17NO3/c1-3-17-13(16)10(2)14-12(15)9-11-7-5-4-6-8-11/h4-8,10H,3,9H2,1-2H3,(H,14,15)/t10-/m0/s1. The normalized spacial score (nSPS) is 11.6. The van der Waals surface area contributed by atoms with Crippen molar-refractivity contribution in [2.24, 2.45) is 0 Å². The molecule has 1 aromatic rings. The minimum absolute atomic E-state index is 0.184. The van der Waals surface area contributed by atoms with Crippen molar-refractivity contribution in [2.75, 3.05) is 6.61 Å². The number of rotatable bonds is 5. The molecule has 4 nitrogen and oxygen atoms in total. The lowest BCUT2D eigenvalue weighted by molar-refractivity contribution is -0.146. The molecule has 0 aliphatic carbocycles. The van der Waals surface area contributed by atoms with Crippen molar-refractivity contribution < 1.29 is 14.3 Å². The summed E-state index contributed by atoms with van der Waals surface area (Å²) in [6.45, 7) is 3.66. The number of benzene rings is 1. The molecule has 0 spiro atoms. The predicted molar refractivity (Wildman–Crippen MR) is 64.4 cm³/mol. The third-order valence-electron chi connectivity index (χ3n) is 2.23. The van der Waals surface area contributed by atoms with E-state index in [4.69, 9.17) is 4.74 Å². The summed E-state index contributed by atoms with van der Waals surface area (Å²) in [6, 6.07) is 8.77. The number of carbonyl (C=O) groups is 2. The third kappa shape index (κ3) is 4.68. The van der Waals surface area contributed by atoms with Crippen LogP contribution in [0.1, 0.15) is 19.4 Å². The van der Waals surface area contributed by atoms with Gasteiger partial charge < -0.3 is 10.1 Å². The second-order valence-electron chi connectivity index (χ2n) is 3.70. The van der Waals surface area contributed by atoms with Crippen LogP contribution >= 0.6 is 0 Å². The van der Waals surface area contributed by atoms with E-state index in [-0.39, 0.29) is 12.3 Å². The molecular formula is C13H17NO3. The molecular weight excluding hydrogens is 218 g/mol. The van der Waals surface area contributed by atoms with Crippen molar-refractivity contribution in [2.45, 2.75) is 26.3 Å². The van der Waals surface area contributed by atoms with E-state index in [0.29, 0.717) is 6.61 Å².